The lowest BCUT2D eigenvalue weighted by Crippen LogP contribution is -2.46. The Morgan fingerprint density at radius 2 is 2.29 bits per heavy atom. The number of primary amides is 1. The van der Waals surface area contributed by atoms with Gasteiger partial charge in [0.25, 0.3) is 5.91 Å². The average molecular weight is 293 g/mol. The first-order valence-electron chi connectivity index (χ1n) is 6.70. The number of carbonyl (C=O) groups excluding carboxylic acids is 2. The molecule has 114 valence electrons. The van der Waals surface area contributed by atoms with Crippen molar-refractivity contribution in [2.45, 2.75) is 12.5 Å². The van der Waals surface area contributed by atoms with Crippen molar-refractivity contribution in [2.75, 3.05) is 26.7 Å². The number of phenolic OH excluding ortho intramolecular Hbond substituents is 1. The zero-order valence-electron chi connectivity index (χ0n) is 11.8. The summed E-state index contributed by atoms with van der Waals surface area (Å²) < 4.78 is 4.99. The standard InChI is InChI=1S/C14H19N3O4/c1-21-10-2-3-11(12(18)6-10)14(20)17(8-13(15)19)9-4-5-16-7-9/h2-3,6,9,16,18H,4-5,7-8H2,1H3,(H2,15,19). The third kappa shape index (κ3) is 3.43. The van der Waals surface area contributed by atoms with Crippen LogP contribution in [-0.4, -0.2) is 54.6 Å². The number of ether oxygens (including phenoxy) is 1. The minimum Gasteiger partial charge on any atom is -0.507 e. The van der Waals surface area contributed by atoms with E-state index in [1.54, 1.807) is 6.07 Å². The minimum absolute atomic E-state index is 0.105. The van der Waals surface area contributed by atoms with Crippen LogP contribution in [-0.2, 0) is 4.79 Å². The van der Waals surface area contributed by atoms with Gasteiger partial charge in [-0.1, -0.05) is 0 Å². The lowest BCUT2D eigenvalue weighted by molar-refractivity contribution is -0.119. The van der Waals surface area contributed by atoms with Crippen LogP contribution in [0.5, 0.6) is 11.5 Å². The number of nitrogens with zero attached hydrogens (tertiary/aromatic N) is 1. The zero-order valence-corrected chi connectivity index (χ0v) is 11.8. The molecule has 1 aliphatic heterocycles. The van der Waals surface area contributed by atoms with Crippen LogP contribution in [0.1, 0.15) is 16.8 Å². The summed E-state index contributed by atoms with van der Waals surface area (Å²) in [6.07, 6.45) is 0.746. The maximum Gasteiger partial charge on any atom is 0.258 e. The van der Waals surface area contributed by atoms with Crippen LogP contribution in [0.4, 0.5) is 0 Å². The molecule has 0 radical (unpaired) electrons. The molecular weight excluding hydrogens is 274 g/mol. The Balaban J connectivity index is 2.26. The van der Waals surface area contributed by atoms with Gasteiger partial charge in [0.05, 0.1) is 19.2 Å². The van der Waals surface area contributed by atoms with Crippen LogP contribution < -0.4 is 15.8 Å². The highest BCUT2D eigenvalue weighted by molar-refractivity contribution is 5.99. The van der Waals surface area contributed by atoms with Crippen LogP contribution in [0.25, 0.3) is 0 Å². The second kappa shape index (κ2) is 6.45. The number of hydrogen-bond acceptors (Lipinski definition) is 5. The monoisotopic (exact) mass is 293 g/mol. The molecule has 1 aromatic rings. The van der Waals surface area contributed by atoms with Gasteiger partial charge in [-0.25, -0.2) is 0 Å². The van der Waals surface area contributed by atoms with Gasteiger partial charge in [0.1, 0.15) is 11.5 Å². The van der Waals surface area contributed by atoms with Crippen molar-refractivity contribution >= 4 is 11.8 Å². The molecule has 21 heavy (non-hydrogen) atoms. The first-order valence-corrected chi connectivity index (χ1v) is 6.70. The van der Waals surface area contributed by atoms with Gasteiger partial charge < -0.3 is 25.8 Å². The van der Waals surface area contributed by atoms with E-state index in [1.165, 1.54) is 24.1 Å². The molecule has 1 aromatic carbocycles. The Hall–Kier alpha value is -2.28. The van der Waals surface area contributed by atoms with Crippen molar-refractivity contribution in [3.63, 3.8) is 0 Å². The molecule has 2 rings (SSSR count). The Morgan fingerprint density at radius 1 is 1.52 bits per heavy atom. The maximum atomic E-state index is 12.6. The number of nitrogens with two attached hydrogens (primary N) is 1. The van der Waals surface area contributed by atoms with Crippen LogP contribution in [0.2, 0.25) is 0 Å². The number of amides is 2. The summed E-state index contributed by atoms with van der Waals surface area (Å²) >= 11 is 0. The van der Waals surface area contributed by atoms with Gasteiger partial charge in [-0.2, -0.15) is 0 Å². The Bertz CT molecular complexity index is 541. The first kappa shape index (κ1) is 15.1. The van der Waals surface area contributed by atoms with Gasteiger partial charge in [0, 0.05) is 18.7 Å². The van der Waals surface area contributed by atoms with Gasteiger partial charge in [0.15, 0.2) is 0 Å². The predicted molar refractivity (Wildman–Crippen MR) is 76.2 cm³/mol. The van der Waals surface area contributed by atoms with Crippen LogP contribution in [0.15, 0.2) is 18.2 Å². The van der Waals surface area contributed by atoms with E-state index >= 15 is 0 Å². The summed E-state index contributed by atoms with van der Waals surface area (Å²) in [5, 5.41) is 13.1. The maximum absolute atomic E-state index is 12.6. The molecule has 2 amide bonds. The molecule has 0 bridgehead atoms. The molecule has 4 N–H and O–H groups in total. The van der Waals surface area contributed by atoms with E-state index in [0.717, 1.165) is 13.0 Å². The van der Waals surface area contributed by atoms with Crippen molar-refractivity contribution in [3.05, 3.63) is 23.8 Å². The molecule has 1 atom stereocenters. The zero-order chi connectivity index (χ0) is 15.4. The highest BCUT2D eigenvalue weighted by atomic mass is 16.5. The molecule has 0 spiro atoms. The van der Waals surface area contributed by atoms with Crippen LogP contribution in [0.3, 0.4) is 0 Å². The molecule has 7 heteroatoms. The fourth-order valence-corrected chi connectivity index (χ4v) is 2.41. The highest BCUT2D eigenvalue weighted by Gasteiger charge is 2.29. The van der Waals surface area contributed by atoms with E-state index in [9.17, 15) is 14.7 Å². The van der Waals surface area contributed by atoms with Crippen molar-refractivity contribution in [2.24, 2.45) is 5.73 Å². The average Bonchev–Trinajstić information content (AvgIpc) is 2.97. The van der Waals surface area contributed by atoms with Crippen molar-refractivity contribution in [1.82, 2.24) is 10.2 Å². The number of nitrogens with one attached hydrogen (secondary N) is 1. The molecule has 1 saturated heterocycles. The quantitative estimate of drug-likeness (QED) is 0.690. The van der Waals surface area contributed by atoms with Crippen LogP contribution in [0, 0.1) is 0 Å². The van der Waals surface area contributed by atoms with Crippen molar-refractivity contribution < 1.29 is 19.4 Å². The predicted octanol–water partition coefficient (Wildman–Crippen LogP) is -0.310. The van der Waals surface area contributed by atoms with E-state index in [2.05, 4.69) is 5.32 Å². The normalized spacial score (nSPS) is 17.5. The van der Waals surface area contributed by atoms with Gasteiger partial charge in [-0.15, -0.1) is 0 Å². The number of hydrogen-bond donors (Lipinski definition) is 3. The summed E-state index contributed by atoms with van der Waals surface area (Å²) in [4.78, 5) is 25.2. The van der Waals surface area contributed by atoms with Crippen molar-refractivity contribution in [1.29, 1.82) is 0 Å². The molecule has 0 saturated carbocycles. The number of aromatic hydroxyl groups is 1. The fourth-order valence-electron chi connectivity index (χ4n) is 2.41. The van der Waals surface area contributed by atoms with Gasteiger partial charge in [-0.3, -0.25) is 9.59 Å². The second-order valence-corrected chi connectivity index (χ2v) is 4.93. The number of benzene rings is 1. The van der Waals surface area contributed by atoms with Crippen LogP contribution >= 0.6 is 0 Å². The molecule has 0 aliphatic carbocycles. The minimum atomic E-state index is -0.580. The number of phenols is 1. The first-order chi connectivity index (χ1) is 10.0. The number of carbonyl (C=O) groups is 2. The molecule has 1 unspecified atom stereocenters. The molecule has 7 nitrogen and oxygen atoms in total. The Morgan fingerprint density at radius 3 is 2.81 bits per heavy atom. The van der Waals surface area contributed by atoms with Crippen molar-refractivity contribution in [3.8, 4) is 11.5 Å². The van der Waals surface area contributed by atoms with Gasteiger partial charge in [0.2, 0.25) is 5.91 Å². The highest BCUT2D eigenvalue weighted by Crippen LogP contribution is 2.25. The van der Waals surface area contributed by atoms with Gasteiger partial charge in [-0.05, 0) is 25.1 Å². The SMILES string of the molecule is COc1ccc(C(=O)N(CC(N)=O)C2CCNC2)c(O)c1. The molecule has 0 aromatic heterocycles. The molecular formula is C14H19N3O4. The van der Waals surface area contributed by atoms with E-state index < -0.39 is 11.8 Å². The summed E-state index contributed by atoms with van der Waals surface area (Å²) in [7, 11) is 1.47. The smallest absolute Gasteiger partial charge is 0.258 e. The largest absolute Gasteiger partial charge is 0.507 e. The Kier molecular flexibility index (Phi) is 4.64. The van der Waals surface area contributed by atoms with Gasteiger partial charge >= 0.3 is 0 Å². The Labute approximate surface area is 122 Å². The van der Waals surface area contributed by atoms with E-state index in [-0.39, 0.29) is 23.9 Å². The third-order valence-corrected chi connectivity index (χ3v) is 3.50. The van der Waals surface area contributed by atoms with E-state index in [1.807, 2.05) is 0 Å². The fraction of sp³-hybridized carbons (Fsp3) is 0.429. The third-order valence-electron chi connectivity index (χ3n) is 3.50. The number of methoxy groups -OCH3 is 1. The molecule has 1 heterocycles. The topological polar surface area (TPSA) is 105 Å². The molecule has 1 fully saturated rings. The summed E-state index contributed by atoms with van der Waals surface area (Å²) in [6, 6.07) is 4.32. The van der Waals surface area contributed by atoms with E-state index in [4.69, 9.17) is 10.5 Å². The number of rotatable bonds is 5. The van der Waals surface area contributed by atoms with E-state index in [0.29, 0.717) is 12.3 Å². The summed E-state index contributed by atoms with van der Waals surface area (Å²) in [6.45, 7) is 1.22. The lowest BCUT2D eigenvalue weighted by atomic mass is 10.1. The lowest BCUT2D eigenvalue weighted by Gasteiger charge is -2.27. The molecule has 1 aliphatic rings. The second-order valence-electron chi connectivity index (χ2n) is 4.93. The summed E-state index contributed by atoms with van der Waals surface area (Å²) in [5.41, 5.74) is 5.35. The summed E-state index contributed by atoms with van der Waals surface area (Å²) in [5.74, 6) is -0.723.